The molecule has 0 bridgehead atoms. The molecule has 1 atom stereocenters. The third-order valence-corrected chi connectivity index (χ3v) is 0.961. The van der Waals surface area contributed by atoms with Crippen molar-refractivity contribution in [1.29, 1.82) is 0 Å². The third-order valence-electron chi connectivity index (χ3n) is 0.961. The van der Waals surface area contributed by atoms with E-state index in [0.717, 1.165) is 0 Å². The van der Waals surface area contributed by atoms with Gasteiger partial charge >= 0.3 is 12.1 Å². The van der Waals surface area contributed by atoms with Crippen LogP contribution in [-0.4, -0.2) is 24.7 Å². The highest BCUT2D eigenvalue weighted by Gasteiger charge is 2.48. The van der Waals surface area contributed by atoms with E-state index in [9.17, 15) is 26.7 Å². The van der Waals surface area contributed by atoms with Gasteiger partial charge in [0.05, 0.1) is 0 Å². The Bertz CT molecular complexity index is 198. The van der Waals surface area contributed by atoms with Crippen molar-refractivity contribution < 1.29 is 31.5 Å². The maximum atomic E-state index is 11.7. The summed E-state index contributed by atoms with van der Waals surface area (Å²) in [7, 11) is 0. The van der Waals surface area contributed by atoms with E-state index in [0.29, 0.717) is 6.08 Å². The Kier molecular flexibility index (Phi) is 3.83. The van der Waals surface area contributed by atoms with Gasteiger partial charge in [-0.25, -0.2) is 13.6 Å². The number of hydrogen-bond donors (Lipinski definition) is 0. The fourth-order valence-corrected chi connectivity index (χ4v) is 0.434. The Morgan fingerprint density at radius 1 is 1.38 bits per heavy atom. The minimum atomic E-state index is -5.27. The molecule has 0 saturated carbocycles. The summed E-state index contributed by atoms with van der Waals surface area (Å²) >= 11 is 0. The molecule has 0 aliphatic rings. The van der Waals surface area contributed by atoms with Crippen molar-refractivity contribution >= 4 is 5.97 Å². The second-order valence-electron chi connectivity index (χ2n) is 1.94. The van der Waals surface area contributed by atoms with Crippen molar-refractivity contribution in [2.75, 3.05) is 0 Å². The number of ether oxygens (including phenoxy) is 1. The van der Waals surface area contributed by atoms with Gasteiger partial charge in [-0.05, 0) is 0 Å². The quantitative estimate of drug-likeness (QED) is 0.398. The van der Waals surface area contributed by atoms with Crippen LogP contribution in [0.2, 0.25) is 0 Å². The molecule has 0 aromatic rings. The van der Waals surface area contributed by atoms with Crippen molar-refractivity contribution in [3.8, 4) is 0 Å². The van der Waals surface area contributed by atoms with Gasteiger partial charge in [0.15, 0.2) is 0 Å². The summed E-state index contributed by atoms with van der Waals surface area (Å²) in [5, 5.41) is 0. The molecule has 0 aliphatic carbocycles. The lowest BCUT2D eigenvalue weighted by Crippen LogP contribution is -2.39. The lowest BCUT2D eigenvalue weighted by atomic mass is 10.3. The fraction of sp³-hybridized carbons (Fsp3) is 0.500. The molecule has 76 valence electrons. The minimum Gasteiger partial charge on any atom is -0.443 e. The molecule has 1 unspecified atom stereocenters. The summed E-state index contributed by atoms with van der Waals surface area (Å²) in [6, 6.07) is 0. The van der Waals surface area contributed by atoms with Crippen molar-refractivity contribution in [3.05, 3.63) is 12.7 Å². The van der Waals surface area contributed by atoms with Gasteiger partial charge in [-0.2, -0.15) is 13.2 Å². The monoisotopic (exact) mass is 204 g/mol. The smallest absolute Gasteiger partial charge is 0.431 e. The van der Waals surface area contributed by atoms with Crippen LogP contribution in [0.25, 0.3) is 0 Å². The fourth-order valence-electron chi connectivity index (χ4n) is 0.434. The first kappa shape index (κ1) is 11.9. The highest BCUT2D eigenvalue weighted by atomic mass is 19.4. The maximum Gasteiger partial charge on any atom is 0.431 e. The molecular weight excluding hydrogens is 199 g/mol. The van der Waals surface area contributed by atoms with Gasteiger partial charge in [0.1, 0.15) is 0 Å². The van der Waals surface area contributed by atoms with Crippen LogP contribution in [0.3, 0.4) is 0 Å². The SMILES string of the molecule is C=CC(=O)OC(C(F)F)C(F)(F)F. The molecule has 0 fully saturated rings. The van der Waals surface area contributed by atoms with E-state index in [1.165, 1.54) is 0 Å². The largest absolute Gasteiger partial charge is 0.443 e. The minimum absolute atomic E-state index is 0.376. The van der Waals surface area contributed by atoms with Gasteiger partial charge in [0.25, 0.3) is 12.5 Å². The lowest BCUT2D eigenvalue weighted by molar-refractivity contribution is -0.246. The lowest BCUT2D eigenvalue weighted by Gasteiger charge is -2.18. The van der Waals surface area contributed by atoms with E-state index in [1.54, 1.807) is 0 Å². The van der Waals surface area contributed by atoms with Crippen molar-refractivity contribution in [3.63, 3.8) is 0 Å². The molecule has 0 aromatic heterocycles. The first-order chi connectivity index (χ1) is 5.79. The molecule has 0 aromatic carbocycles. The van der Waals surface area contributed by atoms with Crippen LogP contribution in [-0.2, 0) is 9.53 Å². The molecule has 0 saturated heterocycles. The number of carbonyl (C=O) groups excluding carboxylic acids is 1. The van der Waals surface area contributed by atoms with Crippen LogP contribution in [0.1, 0.15) is 0 Å². The topological polar surface area (TPSA) is 26.3 Å². The molecular formula is C6H5F5O2. The molecule has 7 heteroatoms. The van der Waals surface area contributed by atoms with Crippen LogP contribution in [0.5, 0.6) is 0 Å². The van der Waals surface area contributed by atoms with Gasteiger partial charge in [-0.1, -0.05) is 6.58 Å². The normalized spacial score (nSPS) is 14.0. The molecule has 0 rings (SSSR count). The Morgan fingerprint density at radius 3 is 2.08 bits per heavy atom. The average Bonchev–Trinajstić information content (AvgIpc) is 1.96. The van der Waals surface area contributed by atoms with E-state index >= 15 is 0 Å². The van der Waals surface area contributed by atoms with Crippen molar-refractivity contribution in [1.82, 2.24) is 0 Å². The van der Waals surface area contributed by atoms with Gasteiger partial charge in [0.2, 0.25) is 0 Å². The van der Waals surface area contributed by atoms with Gasteiger partial charge in [0, 0.05) is 6.08 Å². The molecule has 0 amide bonds. The van der Waals surface area contributed by atoms with E-state index in [4.69, 9.17) is 0 Å². The van der Waals surface area contributed by atoms with Crippen molar-refractivity contribution in [2.24, 2.45) is 0 Å². The number of hydrogen-bond acceptors (Lipinski definition) is 2. The van der Waals surface area contributed by atoms with Gasteiger partial charge in [-0.3, -0.25) is 0 Å². The van der Waals surface area contributed by atoms with Gasteiger partial charge in [-0.15, -0.1) is 0 Å². The number of esters is 1. The molecule has 0 spiro atoms. The van der Waals surface area contributed by atoms with Crippen LogP contribution in [0, 0.1) is 0 Å². The Balaban J connectivity index is 4.45. The van der Waals surface area contributed by atoms with Crippen LogP contribution < -0.4 is 0 Å². The first-order valence-electron chi connectivity index (χ1n) is 2.97. The van der Waals surface area contributed by atoms with Crippen LogP contribution in [0.4, 0.5) is 22.0 Å². The highest BCUT2D eigenvalue weighted by molar-refractivity contribution is 5.81. The van der Waals surface area contributed by atoms with Gasteiger partial charge < -0.3 is 4.74 Å². The molecule has 2 nitrogen and oxygen atoms in total. The molecule has 0 radical (unpaired) electrons. The highest BCUT2D eigenvalue weighted by Crippen LogP contribution is 2.27. The van der Waals surface area contributed by atoms with E-state index < -0.39 is 24.7 Å². The molecule has 0 heterocycles. The first-order valence-corrected chi connectivity index (χ1v) is 2.97. The summed E-state index contributed by atoms with van der Waals surface area (Å²) in [6.45, 7) is 2.77. The Morgan fingerprint density at radius 2 is 1.85 bits per heavy atom. The maximum absolute atomic E-state index is 11.7. The zero-order valence-electron chi connectivity index (χ0n) is 6.15. The predicted molar refractivity (Wildman–Crippen MR) is 32.1 cm³/mol. The average molecular weight is 204 g/mol. The molecule has 13 heavy (non-hydrogen) atoms. The zero-order valence-corrected chi connectivity index (χ0v) is 6.15. The van der Waals surface area contributed by atoms with Crippen LogP contribution >= 0.6 is 0 Å². The predicted octanol–water partition coefficient (Wildman–Crippen LogP) is 1.91. The standard InChI is InChI=1S/C6H5F5O2/c1-2-3(12)13-4(5(7)8)6(9,10)11/h2,4-5H,1H2. The number of alkyl halides is 5. The summed E-state index contributed by atoms with van der Waals surface area (Å²) in [5.41, 5.74) is 0. The van der Waals surface area contributed by atoms with E-state index in [1.807, 2.05) is 0 Å². The second-order valence-corrected chi connectivity index (χ2v) is 1.94. The summed E-state index contributed by atoms with van der Waals surface area (Å²) in [5.74, 6) is -1.54. The summed E-state index contributed by atoms with van der Waals surface area (Å²) in [6.07, 6.45) is -12.1. The second kappa shape index (κ2) is 4.20. The number of rotatable bonds is 3. The van der Waals surface area contributed by atoms with E-state index in [-0.39, 0.29) is 0 Å². The number of halogens is 5. The van der Waals surface area contributed by atoms with E-state index in [2.05, 4.69) is 11.3 Å². The Labute approximate surface area is 70.0 Å². The third kappa shape index (κ3) is 3.86. The molecule has 0 N–H and O–H groups in total. The zero-order chi connectivity index (χ0) is 10.6. The summed E-state index contributed by atoms with van der Waals surface area (Å²) in [4.78, 5) is 10.2. The Hall–Kier alpha value is -1.14. The van der Waals surface area contributed by atoms with Crippen molar-refractivity contribution in [2.45, 2.75) is 18.7 Å². The molecule has 0 aliphatic heterocycles. The summed E-state index contributed by atoms with van der Waals surface area (Å²) < 4.78 is 61.7. The number of carbonyl (C=O) groups is 1. The van der Waals surface area contributed by atoms with Crippen LogP contribution in [0.15, 0.2) is 12.7 Å².